The van der Waals surface area contributed by atoms with Crippen molar-refractivity contribution in [3.8, 4) is 0 Å². The van der Waals surface area contributed by atoms with E-state index in [0.717, 1.165) is 41.3 Å². The second-order valence-electron chi connectivity index (χ2n) is 7.47. The van der Waals surface area contributed by atoms with E-state index < -0.39 is 6.10 Å². The average molecular weight is 387 g/mol. The molecule has 2 atom stereocenters. The molecule has 0 unspecified atom stereocenters. The second-order valence-corrected chi connectivity index (χ2v) is 8.47. The number of aliphatic hydroxyl groups excluding tert-OH is 1. The maximum Gasteiger partial charge on any atom is 0.265 e. The topological polar surface area (TPSA) is 91.5 Å². The predicted molar refractivity (Wildman–Crippen MR) is 107 cm³/mol. The molecule has 2 aliphatic rings. The molecule has 4 rings (SSSR count). The Morgan fingerprint density at radius 3 is 2.81 bits per heavy atom. The molecule has 1 aliphatic carbocycles. The molecule has 2 heterocycles. The summed E-state index contributed by atoms with van der Waals surface area (Å²) in [6, 6.07) is 7.72. The van der Waals surface area contributed by atoms with Crippen molar-refractivity contribution in [3.63, 3.8) is 0 Å². The van der Waals surface area contributed by atoms with E-state index >= 15 is 0 Å². The number of likely N-dealkylation sites (tertiary alicyclic amines) is 1. The van der Waals surface area contributed by atoms with Crippen LogP contribution in [0, 0.1) is 6.92 Å². The monoisotopic (exact) mass is 386 g/mol. The van der Waals surface area contributed by atoms with E-state index in [4.69, 9.17) is 5.73 Å². The number of carbonyl (C=O) groups excluding carboxylic acids is 1. The van der Waals surface area contributed by atoms with E-state index in [1.54, 1.807) is 0 Å². The number of nitrogens with zero attached hydrogens (tertiary/aromatic N) is 2. The van der Waals surface area contributed by atoms with Gasteiger partial charge in [0.15, 0.2) is 5.13 Å². The van der Waals surface area contributed by atoms with Crippen LogP contribution in [0.3, 0.4) is 0 Å². The van der Waals surface area contributed by atoms with Crippen molar-refractivity contribution in [2.75, 3.05) is 25.0 Å². The van der Waals surface area contributed by atoms with Gasteiger partial charge in [0.05, 0.1) is 17.8 Å². The Morgan fingerprint density at radius 1 is 1.41 bits per heavy atom. The van der Waals surface area contributed by atoms with Gasteiger partial charge in [-0.1, -0.05) is 35.6 Å². The Morgan fingerprint density at radius 2 is 2.11 bits per heavy atom. The Bertz CT molecular complexity index is 857. The number of hydrogen-bond donors (Lipinski definition) is 3. The van der Waals surface area contributed by atoms with Gasteiger partial charge >= 0.3 is 0 Å². The molecule has 0 radical (unpaired) electrons. The normalized spacial score (nSPS) is 23.5. The second kappa shape index (κ2) is 6.89. The van der Waals surface area contributed by atoms with Gasteiger partial charge in [0, 0.05) is 25.0 Å². The number of aryl methyl sites for hydroxylation is 1. The number of thiazole rings is 1. The standard InChI is InChI=1S/C20H26N4O2S/c1-3-22-19-23-12(2)16(27-19)18(26)24-10-8-20(9-11-24)14-7-5-4-6-13(14)15(21)17(20)25/h4-7,15,17,25H,3,8-11,21H2,1-2H3,(H,22,23)/t15-,17+/m1/s1. The smallest absolute Gasteiger partial charge is 0.265 e. The zero-order chi connectivity index (χ0) is 19.2. The lowest BCUT2D eigenvalue weighted by Gasteiger charge is -2.42. The number of anilines is 1. The van der Waals surface area contributed by atoms with Gasteiger partial charge < -0.3 is 21.1 Å². The molecule has 1 spiro atoms. The number of fused-ring (bicyclic) bond motifs is 2. The Labute approximate surface area is 163 Å². The lowest BCUT2D eigenvalue weighted by atomic mass is 9.72. The van der Waals surface area contributed by atoms with Gasteiger partial charge in [-0.3, -0.25) is 4.79 Å². The summed E-state index contributed by atoms with van der Waals surface area (Å²) in [6.45, 7) is 5.91. The Balaban J connectivity index is 1.53. The SMILES string of the molecule is CCNc1nc(C)c(C(=O)N2CCC3(CC2)c2ccccc2[C@@H](N)[C@@H]3O)s1. The van der Waals surface area contributed by atoms with E-state index in [2.05, 4.69) is 16.4 Å². The fourth-order valence-corrected chi connectivity index (χ4v) is 5.56. The first-order valence-electron chi connectivity index (χ1n) is 9.51. The lowest BCUT2D eigenvalue weighted by Crippen LogP contribution is -2.50. The summed E-state index contributed by atoms with van der Waals surface area (Å²) in [6.07, 6.45) is 0.850. The molecule has 0 bridgehead atoms. The molecule has 1 aromatic heterocycles. The highest BCUT2D eigenvalue weighted by atomic mass is 32.1. The summed E-state index contributed by atoms with van der Waals surface area (Å²) >= 11 is 1.42. The van der Waals surface area contributed by atoms with Crippen LogP contribution in [0.4, 0.5) is 5.13 Å². The summed E-state index contributed by atoms with van der Waals surface area (Å²) in [5.74, 6) is 0.0362. The number of amides is 1. The highest BCUT2D eigenvalue weighted by molar-refractivity contribution is 7.17. The number of aliphatic hydroxyl groups is 1. The number of carbonyl (C=O) groups is 1. The number of hydrogen-bond acceptors (Lipinski definition) is 6. The largest absolute Gasteiger partial charge is 0.390 e. The third-order valence-electron chi connectivity index (χ3n) is 6.02. The van der Waals surface area contributed by atoms with E-state index in [1.807, 2.05) is 36.9 Å². The van der Waals surface area contributed by atoms with Gasteiger partial charge in [0.1, 0.15) is 4.88 Å². The molecule has 1 aliphatic heterocycles. The van der Waals surface area contributed by atoms with Crippen LogP contribution in [0.5, 0.6) is 0 Å². The number of rotatable bonds is 3. The summed E-state index contributed by atoms with van der Waals surface area (Å²) in [5.41, 5.74) is 8.91. The van der Waals surface area contributed by atoms with E-state index in [0.29, 0.717) is 18.0 Å². The van der Waals surface area contributed by atoms with Gasteiger partial charge in [-0.05, 0) is 37.8 Å². The first kappa shape index (κ1) is 18.4. The minimum absolute atomic E-state index is 0.0362. The molecule has 2 aromatic rings. The average Bonchev–Trinajstić information content (AvgIpc) is 3.15. The van der Waals surface area contributed by atoms with Crippen LogP contribution >= 0.6 is 11.3 Å². The summed E-state index contributed by atoms with van der Waals surface area (Å²) in [4.78, 5) is 20.0. The first-order valence-corrected chi connectivity index (χ1v) is 10.3. The van der Waals surface area contributed by atoms with Crippen molar-refractivity contribution in [2.45, 2.75) is 44.2 Å². The quantitative estimate of drug-likeness (QED) is 0.754. The highest BCUT2D eigenvalue weighted by Crippen LogP contribution is 2.50. The summed E-state index contributed by atoms with van der Waals surface area (Å²) in [7, 11) is 0. The molecule has 4 N–H and O–H groups in total. The summed E-state index contributed by atoms with van der Waals surface area (Å²) in [5, 5.41) is 14.9. The van der Waals surface area contributed by atoms with Crippen LogP contribution in [0.1, 0.15) is 52.3 Å². The third-order valence-corrected chi connectivity index (χ3v) is 7.13. The molecule has 1 amide bonds. The molecule has 7 heteroatoms. The molecule has 144 valence electrons. The van der Waals surface area contributed by atoms with Crippen LogP contribution in [-0.4, -0.2) is 46.6 Å². The maximum atomic E-state index is 13.0. The molecular weight excluding hydrogens is 360 g/mol. The van der Waals surface area contributed by atoms with Crippen LogP contribution in [-0.2, 0) is 5.41 Å². The molecule has 1 fully saturated rings. The molecular formula is C20H26N4O2S. The molecule has 6 nitrogen and oxygen atoms in total. The summed E-state index contributed by atoms with van der Waals surface area (Å²) < 4.78 is 0. The van der Waals surface area contributed by atoms with Crippen LogP contribution in [0.25, 0.3) is 0 Å². The van der Waals surface area contributed by atoms with E-state index in [1.165, 1.54) is 11.3 Å². The van der Waals surface area contributed by atoms with Crippen LogP contribution < -0.4 is 11.1 Å². The van der Waals surface area contributed by atoms with Crippen LogP contribution in [0.15, 0.2) is 24.3 Å². The van der Waals surface area contributed by atoms with Gasteiger partial charge in [-0.15, -0.1) is 0 Å². The molecule has 1 saturated heterocycles. The number of aromatic nitrogens is 1. The maximum absolute atomic E-state index is 13.0. The molecule has 1 aromatic carbocycles. The fourth-order valence-electron chi connectivity index (χ4n) is 4.55. The van der Waals surface area contributed by atoms with Gasteiger partial charge in [-0.25, -0.2) is 4.98 Å². The van der Waals surface area contributed by atoms with Crippen molar-refractivity contribution in [2.24, 2.45) is 5.73 Å². The van der Waals surface area contributed by atoms with Gasteiger partial charge in [0.25, 0.3) is 5.91 Å². The number of nitrogens with one attached hydrogen (secondary N) is 1. The first-order chi connectivity index (χ1) is 13.0. The predicted octanol–water partition coefficient (Wildman–Crippen LogP) is 2.43. The number of benzene rings is 1. The van der Waals surface area contributed by atoms with Crippen molar-refractivity contribution in [1.29, 1.82) is 0 Å². The minimum Gasteiger partial charge on any atom is -0.390 e. The zero-order valence-electron chi connectivity index (χ0n) is 15.7. The van der Waals surface area contributed by atoms with Crippen molar-refractivity contribution >= 4 is 22.4 Å². The third kappa shape index (κ3) is 2.85. The lowest BCUT2D eigenvalue weighted by molar-refractivity contribution is 0.0264. The van der Waals surface area contributed by atoms with E-state index in [-0.39, 0.29) is 17.4 Å². The van der Waals surface area contributed by atoms with Crippen LogP contribution in [0.2, 0.25) is 0 Å². The van der Waals surface area contributed by atoms with E-state index in [9.17, 15) is 9.90 Å². The van der Waals surface area contributed by atoms with Crippen molar-refractivity contribution in [3.05, 3.63) is 46.0 Å². The minimum atomic E-state index is -0.599. The van der Waals surface area contributed by atoms with Crippen molar-refractivity contribution in [1.82, 2.24) is 9.88 Å². The van der Waals surface area contributed by atoms with Crippen molar-refractivity contribution < 1.29 is 9.90 Å². The Hall–Kier alpha value is -1.96. The number of nitrogens with two attached hydrogens (primary N) is 1. The molecule has 27 heavy (non-hydrogen) atoms. The zero-order valence-corrected chi connectivity index (χ0v) is 16.6. The fraction of sp³-hybridized carbons (Fsp3) is 0.500. The Kier molecular flexibility index (Phi) is 4.70. The van der Waals surface area contributed by atoms with Gasteiger partial charge in [-0.2, -0.15) is 0 Å². The number of piperidine rings is 1. The molecule has 0 saturated carbocycles. The highest BCUT2D eigenvalue weighted by Gasteiger charge is 2.51. The van der Waals surface area contributed by atoms with Gasteiger partial charge in [0.2, 0.25) is 0 Å².